The molecule has 0 bridgehead atoms. The number of aliphatic hydroxyl groups excluding tert-OH is 1. The molecular formula is C36H52N4O10S. The van der Waals surface area contributed by atoms with Crippen LogP contribution in [0.4, 0.5) is 4.79 Å². The number of likely N-dealkylation sites (N-methyl/N-ethyl adjacent to an activating group) is 1. The van der Waals surface area contributed by atoms with E-state index in [9.17, 15) is 18.3 Å². The summed E-state index contributed by atoms with van der Waals surface area (Å²) in [5.74, 6) is 1.44. The lowest BCUT2D eigenvalue weighted by Crippen LogP contribution is -2.51. The largest absolute Gasteiger partial charge is 0.494 e. The molecule has 0 unspecified atom stereocenters. The second-order valence-electron chi connectivity index (χ2n) is 14.2. The number of rotatable bonds is 16. The Kier molecular flexibility index (Phi) is 12.6. The first-order valence-corrected chi connectivity index (χ1v) is 19.4. The SMILES string of the molecule is CC(C)CN(C[C@@H](O)[C@H](Cc1ccc(OCCCN2CCN(C)CC2)cc1)NC(=O)O[C@H]1CO[C@H]2OCC[C@H]21)S(=O)(=O)c1ccc2c(c1)OCO2. The van der Waals surface area contributed by atoms with Gasteiger partial charge in [-0.05, 0) is 62.1 Å². The first-order valence-electron chi connectivity index (χ1n) is 18.0. The van der Waals surface area contributed by atoms with E-state index in [2.05, 4.69) is 22.2 Å². The Morgan fingerprint density at radius 1 is 1.04 bits per heavy atom. The number of ether oxygens (including phenoxy) is 6. The molecule has 2 aromatic carbocycles. The molecule has 14 nitrogen and oxygen atoms in total. The molecule has 0 aliphatic carbocycles. The zero-order valence-corrected chi connectivity index (χ0v) is 30.6. The number of nitrogens with one attached hydrogen (secondary N) is 1. The summed E-state index contributed by atoms with van der Waals surface area (Å²) in [7, 11) is -1.91. The first-order chi connectivity index (χ1) is 24.5. The predicted molar refractivity (Wildman–Crippen MR) is 187 cm³/mol. The highest BCUT2D eigenvalue weighted by Crippen LogP contribution is 2.35. The Hall–Kier alpha value is -3.18. The smallest absolute Gasteiger partial charge is 0.407 e. The number of carbonyl (C=O) groups excluding carboxylic acids is 1. The zero-order valence-electron chi connectivity index (χ0n) is 29.8. The highest BCUT2D eigenvalue weighted by molar-refractivity contribution is 7.89. The summed E-state index contributed by atoms with van der Waals surface area (Å²) in [5, 5.41) is 14.5. The maximum absolute atomic E-state index is 14.0. The number of nitrogens with zero attached hydrogens (tertiary/aromatic N) is 3. The van der Waals surface area contributed by atoms with Crippen molar-refractivity contribution in [3.05, 3.63) is 48.0 Å². The van der Waals surface area contributed by atoms with E-state index in [0.717, 1.165) is 56.9 Å². The number of benzene rings is 2. The molecule has 4 aliphatic heterocycles. The van der Waals surface area contributed by atoms with Gasteiger partial charge in [-0.25, -0.2) is 13.2 Å². The minimum absolute atomic E-state index is 0.0160. The fourth-order valence-corrected chi connectivity index (χ4v) is 8.52. The quantitative estimate of drug-likeness (QED) is 0.245. The summed E-state index contributed by atoms with van der Waals surface area (Å²) >= 11 is 0. The van der Waals surface area contributed by atoms with Gasteiger partial charge in [0.05, 0.1) is 42.8 Å². The molecule has 51 heavy (non-hydrogen) atoms. The molecule has 0 aromatic heterocycles. The van der Waals surface area contributed by atoms with Crippen LogP contribution >= 0.6 is 0 Å². The number of carbonyl (C=O) groups is 1. The Morgan fingerprint density at radius 2 is 1.80 bits per heavy atom. The van der Waals surface area contributed by atoms with E-state index in [1.807, 2.05) is 38.1 Å². The Morgan fingerprint density at radius 3 is 2.57 bits per heavy atom. The van der Waals surface area contributed by atoms with E-state index < -0.39 is 34.4 Å². The van der Waals surface area contributed by atoms with Crippen molar-refractivity contribution in [2.75, 3.05) is 79.5 Å². The molecule has 15 heteroatoms. The maximum Gasteiger partial charge on any atom is 0.407 e. The van der Waals surface area contributed by atoms with Gasteiger partial charge in [-0.1, -0.05) is 26.0 Å². The van der Waals surface area contributed by atoms with Gasteiger partial charge in [0.25, 0.3) is 0 Å². The summed E-state index contributed by atoms with van der Waals surface area (Å²) in [6.45, 7) is 10.4. The van der Waals surface area contributed by atoms with Gasteiger partial charge in [-0.15, -0.1) is 0 Å². The number of amides is 1. The van der Waals surface area contributed by atoms with Crippen molar-refractivity contribution in [1.29, 1.82) is 0 Å². The third-order valence-electron chi connectivity index (χ3n) is 9.81. The molecule has 2 aromatic rings. The van der Waals surface area contributed by atoms with E-state index in [1.165, 1.54) is 16.4 Å². The lowest BCUT2D eigenvalue weighted by Gasteiger charge is -2.32. The van der Waals surface area contributed by atoms with Crippen LogP contribution in [-0.4, -0.2) is 138 Å². The number of fused-ring (bicyclic) bond motifs is 2. The number of aliphatic hydroxyl groups is 1. The number of piperazine rings is 1. The molecule has 282 valence electrons. The van der Waals surface area contributed by atoms with Crippen molar-refractivity contribution < 1.29 is 46.7 Å². The molecule has 1 amide bonds. The summed E-state index contributed by atoms with van der Waals surface area (Å²) in [5.41, 5.74) is 0.826. The molecule has 5 atom stereocenters. The Balaban J connectivity index is 1.12. The van der Waals surface area contributed by atoms with Gasteiger partial charge in [0.15, 0.2) is 17.8 Å². The van der Waals surface area contributed by atoms with E-state index >= 15 is 0 Å². The predicted octanol–water partition coefficient (Wildman–Crippen LogP) is 2.54. The minimum Gasteiger partial charge on any atom is -0.494 e. The van der Waals surface area contributed by atoms with Crippen LogP contribution in [0.1, 0.15) is 32.3 Å². The molecule has 0 spiro atoms. The van der Waals surface area contributed by atoms with E-state index in [1.54, 1.807) is 6.07 Å². The van der Waals surface area contributed by atoms with Crippen molar-refractivity contribution in [1.82, 2.24) is 19.4 Å². The molecule has 3 saturated heterocycles. The van der Waals surface area contributed by atoms with Crippen LogP contribution in [0.3, 0.4) is 0 Å². The third-order valence-corrected chi connectivity index (χ3v) is 11.6. The topological polar surface area (TPSA) is 149 Å². The molecule has 4 aliphatic rings. The number of hydrogen-bond acceptors (Lipinski definition) is 12. The van der Waals surface area contributed by atoms with Gasteiger partial charge in [-0.2, -0.15) is 4.31 Å². The van der Waals surface area contributed by atoms with E-state index in [-0.39, 0.29) is 55.9 Å². The van der Waals surface area contributed by atoms with Crippen molar-refractivity contribution in [2.45, 2.75) is 62.5 Å². The van der Waals surface area contributed by atoms with Crippen LogP contribution in [0.15, 0.2) is 47.4 Å². The van der Waals surface area contributed by atoms with Gasteiger partial charge in [0.1, 0.15) is 11.9 Å². The van der Waals surface area contributed by atoms with Crippen LogP contribution in [0.25, 0.3) is 0 Å². The van der Waals surface area contributed by atoms with Crippen LogP contribution < -0.4 is 19.5 Å². The van der Waals surface area contributed by atoms with Crippen LogP contribution in [0.5, 0.6) is 17.2 Å². The van der Waals surface area contributed by atoms with Gasteiger partial charge in [-0.3, -0.25) is 0 Å². The average molecular weight is 733 g/mol. The third kappa shape index (κ3) is 9.83. The van der Waals surface area contributed by atoms with E-state index in [0.29, 0.717) is 24.7 Å². The summed E-state index contributed by atoms with van der Waals surface area (Å²) in [6.07, 6.45) is -0.999. The minimum atomic E-state index is -4.06. The lowest BCUT2D eigenvalue weighted by atomic mass is 10.0. The van der Waals surface area contributed by atoms with Gasteiger partial charge >= 0.3 is 6.09 Å². The molecular weight excluding hydrogens is 680 g/mol. The van der Waals surface area contributed by atoms with Crippen molar-refractivity contribution in [2.24, 2.45) is 11.8 Å². The lowest BCUT2D eigenvalue weighted by molar-refractivity contribution is -0.0907. The van der Waals surface area contributed by atoms with Crippen molar-refractivity contribution in [3.63, 3.8) is 0 Å². The van der Waals surface area contributed by atoms with E-state index in [4.69, 9.17) is 28.4 Å². The number of sulfonamides is 1. The zero-order chi connectivity index (χ0) is 36.0. The molecule has 0 saturated carbocycles. The number of hydrogen-bond donors (Lipinski definition) is 2. The van der Waals surface area contributed by atoms with Crippen molar-refractivity contribution >= 4 is 16.1 Å². The second kappa shape index (κ2) is 17.1. The Labute approximate surface area is 300 Å². The fraction of sp³-hybridized carbons (Fsp3) is 0.639. The van der Waals surface area contributed by atoms with Gasteiger partial charge in [0.2, 0.25) is 16.8 Å². The number of alkyl carbamates (subject to hydrolysis) is 1. The summed E-state index contributed by atoms with van der Waals surface area (Å²) in [6, 6.07) is 11.1. The highest BCUT2D eigenvalue weighted by atomic mass is 32.2. The second-order valence-corrected chi connectivity index (χ2v) is 16.2. The maximum atomic E-state index is 14.0. The fourth-order valence-electron chi connectivity index (χ4n) is 6.88. The first kappa shape index (κ1) is 37.6. The van der Waals surface area contributed by atoms with Crippen LogP contribution in [-0.2, 0) is 30.7 Å². The monoisotopic (exact) mass is 732 g/mol. The van der Waals surface area contributed by atoms with Gasteiger partial charge < -0.3 is 48.6 Å². The molecule has 3 fully saturated rings. The molecule has 2 N–H and O–H groups in total. The highest BCUT2D eigenvalue weighted by Gasteiger charge is 2.44. The van der Waals surface area contributed by atoms with Crippen molar-refractivity contribution in [3.8, 4) is 17.2 Å². The van der Waals surface area contributed by atoms with Gasteiger partial charge in [0, 0.05) is 51.9 Å². The summed E-state index contributed by atoms with van der Waals surface area (Å²) < 4.78 is 62.9. The molecule has 4 heterocycles. The average Bonchev–Trinajstić information content (AvgIpc) is 3.86. The normalized spacial score (nSPS) is 23.4. The van der Waals surface area contributed by atoms with Crippen LogP contribution in [0.2, 0.25) is 0 Å². The summed E-state index contributed by atoms with van der Waals surface area (Å²) in [4.78, 5) is 18.1. The standard InChI is InChI=1S/C36H52N4O10S/c1-25(2)21-40(51(43,44)28-9-10-32-33(20-28)49-24-48-32)22-31(41)30(37-36(42)50-34-23-47-35-29(34)11-18-46-35)19-26-5-7-27(8-6-26)45-17-4-12-39-15-13-38(3)14-16-39/h5-10,20,25,29-31,34-35,41H,4,11-19,21-24H2,1-3H3,(H,37,42)/t29-,30-,31+,34-,35+/m0/s1. The Bertz CT molecular complexity index is 1550. The molecule has 6 rings (SSSR count). The van der Waals surface area contributed by atoms with Crippen LogP contribution in [0, 0.1) is 11.8 Å². The molecule has 0 radical (unpaired) electrons.